The van der Waals surface area contributed by atoms with E-state index in [1.165, 1.54) is 6.33 Å². The topological polar surface area (TPSA) is 81.1 Å². The summed E-state index contributed by atoms with van der Waals surface area (Å²) in [4.78, 5) is 16.1. The first-order valence-electron chi connectivity index (χ1n) is 7.36. The number of hydrogen-bond donors (Lipinski definition) is 2. The molecular weight excluding hydrogens is 270 g/mol. The number of nitrogens with zero attached hydrogens (tertiary/aromatic N) is 3. The summed E-state index contributed by atoms with van der Waals surface area (Å²) in [7, 11) is 1.71. The zero-order valence-corrected chi connectivity index (χ0v) is 13.2. The van der Waals surface area contributed by atoms with E-state index in [-0.39, 0.29) is 23.7 Å². The number of carbonyl (C=O) groups is 1. The second-order valence-electron chi connectivity index (χ2n) is 6.45. The van der Waals surface area contributed by atoms with Crippen molar-refractivity contribution in [3.63, 3.8) is 0 Å². The van der Waals surface area contributed by atoms with E-state index in [2.05, 4.69) is 41.5 Å². The summed E-state index contributed by atoms with van der Waals surface area (Å²) in [6.45, 7) is 6.52. The fourth-order valence-electron chi connectivity index (χ4n) is 2.63. The van der Waals surface area contributed by atoms with E-state index >= 15 is 0 Å². The van der Waals surface area contributed by atoms with Gasteiger partial charge in [-0.15, -0.1) is 0 Å². The molecule has 0 radical (unpaired) electrons. The zero-order chi connectivity index (χ0) is 15.5. The van der Waals surface area contributed by atoms with E-state index in [9.17, 15) is 4.79 Å². The van der Waals surface area contributed by atoms with Crippen LogP contribution in [0.4, 0.5) is 4.79 Å². The van der Waals surface area contributed by atoms with E-state index in [0.29, 0.717) is 6.54 Å². The van der Waals surface area contributed by atoms with Crippen molar-refractivity contribution in [2.45, 2.75) is 64.3 Å². The number of hydrogen-bond acceptors (Lipinski definition) is 4. The summed E-state index contributed by atoms with van der Waals surface area (Å²) in [6.07, 6.45) is 4.62. The molecule has 0 saturated heterocycles. The highest BCUT2D eigenvalue weighted by Gasteiger charge is 2.25. The van der Waals surface area contributed by atoms with E-state index in [0.717, 1.165) is 25.1 Å². The highest BCUT2D eigenvalue weighted by atomic mass is 16.5. The summed E-state index contributed by atoms with van der Waals surface area (Å²) in [5.41, 5.74) is -0.152. The quantitative estimate of drug-likeness (QED) is 0.880. The van der Waals surface area contributed by atoms with Gasteiger partial charge in [-0.2, -0.15) is 5.10 Å². The van der Waals surface area contributed by atoms with Gasteiger partial charge in [-0.1, -0.05) is 0 Å². The average Bonchev–Trinajstić information content (AvgIpc) is 3.03. The fourth-order valence-corrected chi connectivity index (χ4v) is 2.63. The Morgan fingerprint density at radius 2 is 2.24 bits per heavy atom. The first-order valence-corrected chi connectivity index (χ1v) is 7.36. The lowest BCUT2D eigenvalue weighted by molar-refractivity contribution is 0.107. The first-order chi connectivity index (χ1) is 9.90. The molecule has 2 rings (SSSR count). The Hall–Kier alpha value is -1.63. The molecule has 2 amide bonds. The molecule has 1 aliphatic rings. The molecule has 0 spiro atoms. The molecule has 1 fully saturated rings. The van der Waals surface area contributed by atoms with Gasteiger partial charge in [0.25, 0.3) is 0 Å². The van der Waals surface area contributed by atoms with Crippen LogP contribution in [0.25, 0.3) is 0 Å². The number of amides is 2. The fraction of sp³-hybridized carbons (Fsp3) is 0.786. The second-order valence-corrected chi connectivity index (χ2v) is 6.45. The molecule has 7 heteroatoms. The molecule has 0 unspecified atom stereocenters. The third-order valence-corrected chi connectivity index (χ3v) is 3.71. The van der Waals surface area contributed by atoms with Crippen molar-refractivity contribution >= 4 is 6.03 Å². The molecule has 1 heterocycles. The Kier molecular flexibility index (Phi) is 4.82. The summed E-state index contributed by atoms with van der Waals surface area (Å²) in [5.74, 6) is 0.749. The van der Waals surface area contributed by atoms with Crippen molar-refractivity contribution in [3.8, 4) is 0 Å². The minimum Gasteiger partial charge on any atom is -0.381 e. The molecule has 0 bridgehead atoms. The summed E-state index contributed by atoms with van der Waals surface area (Å²) in [6, 6.07) is 0.0237. The molecule has 21 heavy (non-hydrogen) atoms. The molecule has 2 N–H and O–H groups in total. The van der Waals surface area contributed by atoms with Gasteiger partial charge in [-0.05, 0) is 40.0 Å². The SMILES string of the molecule is CO[C@@H]1CC[C@@H](NC(=O)NCc2ncnn2C(C)(C)C)C1. The van der Waals surface area contributed by atoms with Crippen molar-refractivity contribution in [2.75, 3.05) is 7.11 Å². The van der Waals surface area contributed by atoms with Crippen molar-refractivity contribution in [2.24, 2.45) is 0 Å². The third kappa shape index (κ3) is 4.17. The standard InChI is InChI=1S/C14H25N5O2/c1-14(2,3)19-12(16-9-17-19)8-15-13(20)18-10-5-6-11(7-10)21-4/h9-11H,5-8H2,1-4H3,(H2,15,18,20)/t10-,11-/m1/s1. The summed E-state index contributed by atoms with van der Waals surface area (Å²) < 4.78 is 7.12. The van der Waals surface area contributed by atoms with Gasteiger partial charge in [0.05, 0.1) is 18.2 Å². The zero-order valence-electron chi connectivity index (χ0n) is 13.2. The Morgan fingerprint density at radius 1 is 1.48 bits per heavy atom. The number of rotatable bonds is 4. The molecule has 1 aromatic rings. The predicted octanol–water partition coefficient (Wildman–Crippen LogP) is 1.40. The van der Waals surface area contributed by atoms with Crippen molar-refractivity contribution < 1.29 is 9.53 Å². The van der Waals surface area contributed by atoms with Crippen LogP contribution in [0, 0.1) is 0 Å². The van der Waals surface area contributed by atoms with E-state index in [1.807, 2.05) is 4.68 Å². The Morgan fingerprint density at radius 3 is 2.86 bits per heavy atom. The number of urea groups is 1. The number of carbonyl (C=O) groups excluding carboxylic acids is 1. The minimum absolute atomic E-state index is 0.152. The molecule has 1 aromatic heterocycles. The summed E-state index contributed by atoms with van der Waals surface area (Å²) >= 11 is 0. The van der Waals surface area contributed by atoms with Gasteiger partial charge in [0.2, 0.25) is 0 Å². The maximum atomic E-state index is 11.9. The van der Waals surface area contributed by atoms with Crippen LogP contribution in [0.5, 0.6) is 0 Å². The monoisotopic (exact) mass is 295 g/mol. The van der Waals surface area contributed by atoms with Crippen LogP contribution >= 0.6 is 0 Å². The van der Waals surface area contributed by atoms with Gasteiger partial charge >= 0.3 is 6.03 Å². The lowest BCUT2D eigenvalue weighted by Crippen LogP contribution is -2.41. The van der Waals surface area contributed by atoms with Gasteiger partial charge in [0.15, 0.2) is 0 Å². The molecular formula is C14H25N5O2. The largest absolute Gasteiger partial charge is 0.381 e. The molecule has 118 valence electrons. The summed E-state index contributed by atoms with van der Waals surface area (Å²) in [5, 5.41) is 10.0. The maximum Gasteiger partial charge on any atom is 0.315 e. The van der Waals surface area contributed by atoms with E-state index in [4.69, 9.17) is 4.74 Å². The highest BCUT2D eigenvalue weighted by Crippen LogP contribution is 2.21. The lowest BCUT2D eigenvalue weighted by Gasteiger charge is -2.21. The number of ether oxygens (including phenoxy) is 1. The van der Waals surface area contributed by atoms with E-state index in [1.54, 1.807) is 7.11 Å². The van der Waals surface area contributed by atoms with Crippen molar-refractivity contribution in [1.82, 2.24) is 25.4 Å². The van der Waals surface area contributed by atoms with Crippen molar-refractivity contribution in [3.05, 3.63) is 12.2 Å². The van der Waals surface area contributed by atoms with Crippen molar-refractivity contribution in [1.29, 1.82) is 0 Å². The number of methoxy groups -OCH3 is 1. The Balaban J connectivity index is 1.81. The van der Waals surface area contributed by atoms with Gasteiger partial charge in [0.1, 0.15) is 12.2 Å². The minimum atomic E-state index is -0.166. The van der Waals surface area contributed by atoms with Crippen LogP contribution < -0.4 is 10.6 Å². The van der Waals surface area contributed by atoms with Crippen LogP contribution in [0.15, 0.2) is 6.33 Å². The normalized spacial score (nSPS) is 22.3. The number of aromatic nitrogens is 3. The lowest BCUT2D eigenvalue weighted by atomic mass is 10.1. The second kappa shape index (κ2) is 6.43. The van der Waals surface area contributed by atoms with E-state index < -0.39 is 0 Å². The molecule has 0 aliphatic heterocycles. The van der Waals surface area contributed by atoms with Crippen LogP contribution in [0.3, 0.4) is 0 Å². The third-order valence-electron chi connectivity index (χ3n) is 3.71. The Labute approximate surface area is 125 Å². The molecule has 1 aliphatic carbocycles. The molecule has 1 saturated carbocycles. The predicted molar refractivity (Wildman–Crippen MR) is 78.8 cm³/mol. The van der Waals surface area contributed by atoms with Crippen LogP contribution in [-0.4, -0.2) is 40.1 Å². The Bertz CT molecular complexity index is 480. The maximum absolute atomic E-state index is 11.9. The average molecular weight is 295 g/mol. The van der Waals surface area contributed by atoms with Gasteiger partial charge < -0.3 is 15.4 Å². The van der Waals surface area contributed by atoms with Gasteiger partial charge in [0, 0.05) is 13.2 Å². The van der Waals surface area contributed by atoms with Crippen LogP contribution in [0.2, 0.25) is 0 Å². The number of nitrogens with one attached hydrogen (secondary N) is 2. The first kappa shape index (κ1) is 15.8. The van der Waals surface area contributed by atoms with Gasteiger partial charge in [-0.3, -0.25) is 0 Å². The van der Waals surface area contributed by atoms with Crippen LogP contribution in [0.1, 0.15) is 45.9 Å². The highest BCUT2D eigenvalue weighted by molar-refractivity contribution is 5.74. The molecule has 7 nitrogen and oxygen atoms in total. The van der Waals surface area contributed by atoms with Crippen LogP contribution in [-0.2, 0) is 16.8 Å². The molecule has 0 aromatic carbocycles. The molecule has 2 atom stereocenters. The smallest absolute Gasteiger partial charge is 0.315 e. The van der Waals surface area contributed by atoms with Gasteiger partial charge in [-0.25, -0.2) is 14.5 Å².